The number of unbranched alkanes of at least 4 members (excludes halogenated alkanes) is 14. The van der Waals surface area contributed by atoms with Gasteiger partial charge in [-0.25, -0.2) is 0 Å². The van der Waals surface area contributed by atoms with E-state index in [0.29, 0.717) is 19.3 Å². The van der Waals surface area contributed by atoms with Gasteiger partial charge in [-0.2, -0.15) is 0 Å². The molecule has 74 heavy (non-hydrogen) atoms. The van der Waals surface area contributed by atoms with E-state index in [1.165, 1.54) is 32.1 Å². The van der Waals surface area contributed by atoms with Gasteiger partial charge in [-0.3, -0.25) is 14.4 Å². The Morgan fingerprint density at radius 2 is 0.541 bits per heavy atom. The Hall–Kier alpha value is -4.97. The molecule has 0 rings (SSSR count). The third-order valence-electron chi connectivity index (χ3n) is 11.7. The molecule has 0 aromatic heterocycles. The van der Waals surface area contributed by atoms with E-state index in [0.717, 1.165) is 154 Å². The van der Waals surface area contributed by atoms with Gasteiger partial charge >= 0.3 is 17.9 Å². The summed E-state index contributed by atoms with van der Waals surface area (Å²) >= 11 is 0. The van der Waals surface area contributed by atoms with Crippen LogP contribution in [0.15, 0.2) is 158 Å². The summed E-state index contributed by atoms with van der Waals surface area (Å²) in [6.07, 6.45) is 88.2. The minimum absolute atomic E-state index is 0.111. The summed E-state index contributed by atoms with van der Waals surface area (Å²) in [4.78, 5) is 38.1. The van der Waals surface area contributed by atoms with Crippen LogP contribution in [0.25, 0.3) is 0 Å². The predicted octanol–water partition coefficient (Wildman–Crippen LogP) is 20.1. The van der Waals surface area contributed by atoms with Crippen LogP contribution in [0.1, 0.15) is 233 Å². The number of esters is 3. The molecule has 0 bridgehead atoms. The fourth-order valence-electron chi connectivity index (χ4n) is 7.40. The first kappa shape index (κ1) is 69.0. The molecule has 0 aliphatic rings. The molecule has 0 radical (unpaired) electrons. The van der Waals surface area contributed by atoms with Crippen LogP contribution in [0.3, 0.4) is 0 Å². The summed E-state index contributed by atoms with van der Waals surface area (Å²) in [5.74, 6) is -1.00. The van der Waals surface area contributed by atoms with Gasteiger partial charge in [0.2, 0.25) is 0 Å². The second kappa shape index (κ2) is 60.6. The van der Waals surface area contributed by atoms with Crippen LogP contribution >= 0.6 is 0 Å². The van der Waals surface area contributed by atoms with Crippen molar-refractivity contribution < 1.29 is 28.6 Å². The van der Waals surface area contributed by atoms with Crippen LogP contribution in [0, 0.1) is 0 Å². The second-order valence-electron chi connectivity index (χ2n) is 18.8. The number of carbonyl (C=O) groups is 3. The SMILES string of the molecule is CC/C=C\C/C=C\C/C=C\C/C=C\C/C=C\C/C=C\C/C=C\C/C=C\C/C=C\CCCC(=O)OCC(COC(=O)CCCCCCC/C=C\CCC)OC(=O)CCCCCCCCC/C=C\C/C=C\C/C=C\CC. The van der Waals surface area contributed by atoms with Gasteiger partial charge in [0.15, 0.2) is 6.10 Å². The molecule has 0 aliphatic carbocycles. The lowest BCUT2D eigenvalue weighted by molar-refractivity contribution is -0.167. The number of allylic oxidation sites excluding steroid dienone is 26. The zero-order chi connectivity index (χ0) is 53.6. The van der Waals surface area contributed by atoms with Gasteiger partial charge < -0.3 is 14.2 Å². The Bertz CT molecular complexity index is 1690. The first-order valence-corrected chi connectivity index (χ1v) is 29.5. The van der Waals surface area contributed by atoms with Crippen LogP contribution in [0.5, 0.6) is 0 Å². The fraction of sp³-hybridized carbons (Fsp3) is 0.574. The Morgan fingerprint density at radius 1 is 0.284 bits per heavy atom. The Morgan fingerprint density at radius 3 is 0.892 bits per heavy atom. The Labute approximate surface area is 454 Å². The molecule has 0 aromatic carbocycles. The first-order chi connectivity index (χ1) is 36.5. The summed E-state index contributed by atoms with van der Waals surface area (Å²) in [6.45, 7) is 6.27. The van der Waals surface area contributed by atoms with E-state index >= 15 is 0 Å². The van der Waals surface area contributed by atoms with Crippen LogP contribution < -0.4 is 0 Å². The molecule has 0 amide bonds. The smallest absolute Gasteiger partial charge is 0.306 e. The maximum absolute atomic E-state index is 12.8. The molecule has 0 spiro atoms. The molecular weight excluding hydrogens is 913 g/mol. The van der Waals surface area contributed by atoms with Crippen molar-refractivity contribution in [3.8, 4) is 0 Å². The first-order valence-electron chi connectivity index (χ1n) is 29.5. The zero-order valence-electron chi connectivity index (χ0n) is 47.3. The molecular formula is C68H106O6. The molecule has 414 valence electrons. The highest BCUT2D eigenvalue weighted by atomic mass is 16.6. The van der Waals surface area contributed by atoms with Gasteiger partial charge in [0.05, 0.1) is 0 Å². The molecule has 0 aromatic rings. The molecule has 0 fully saturated rings. The van der Waals surface area contributed by atoms with Gasteiger partial charge in [0.25, 0.3) is 0 Å². The summed E-state index contributed by atoms with van der Waals surface area (Å²) in [5.41, 5.74) is 0. The average molecular weight is 1020 g/mol. The van der Waals surface area contributed by atoms with Crippen molar-refractivity contribution in [3.05, 3.63) is 158 Å². The standard InChI is InChI=1S/C68H106O6/c1-4-7-10-13-16-19-22-24-26-28-29-30-31-32-33-34-35-36-37-38-39-41-42-44-46-49-52-55-58-61-67(70)73-64-65(63-72-66(69)60-57-54-51-48-21-18-15-12-9-6-3)74-68(71)62-59-56-53-50-47-45-43-40-27-25-23-20-17-14-11-8-5-2/h7-8,10-12,15-17,19-20,24-27,29-30,32-33,35-36,38-39,42,44,49,52,65H,4-6,9,13-14,18,21-23,28,31,34,37,40-41,43,45-48,50-51,53-64H2,1-3H3/b10-7-,11-8-,15-12-,19-16-,20-17-,26-24-,27-25-,30-29-,33-32-,36-35-,39-38-,44-42-,52-49-. The lowest BCUT2D eigenvalue weighted by Gasteiger charge is -2.18. The van der Waals surface area contributed by atoms with Crippen molar-refractivity contribution in [2.75, 3.05) is 13.2 Å². The number of carbonyl (C=O) groups excluding carboxylic acids is 3. The Kier molecular flexibility index (Phi) is 56.5. The quantitative estimate of drug-likeness (QED) is 0.0261. The minimum atomic E-state index is -0.817. The van der Waals surface area contributed by atoms with E-state index in [1.807, 2.05) is 0 Å². The van der Waals surface area contributed by atoms with Crippen molar-refractivity contribution in [1.82, 2.24) is 0 Å². The van der Waals surface area contributed by atoms with E-state index in [9.17, 15) is 14.4 Å². The molecule has 6 heteroatoms. The normalized spacial score (nSPS) is 13.3. The summed E-state index contributed by atoms with van der Waals surface area (Å²) < 4.78 is 16.8. The van der Waals surface area contributed by atoms with Crippen molar-refractivity contribution in [2.45, 2.75) is 239 Å². The van der Waals surface area contributed by atoms with E-state index in [1.54, 1.807) is 0 Å². The summed E-state index contributed by atoms with van der Waals surface area (Å²) in [6, 6.07) is 0. The summed E-state index contributed by atoms with van der Waals surface area (Å²) in [5, 5.41) is 0. The second-order valence-corrected chi connectivity index (χ2v) is 18.8. The largest absolute Gasteiger partial charge is 0.462 e. The summed E-state index contributed by atoms with van der Waals surface area (Å²) in [7, 11) is 0. The number of rotatable bonds is 51. The fourth-order valence-corrected chi connectivity index (χ4v) is 7.40. The molecule has 1 atom stereocenters. The van der Waals surface area contributed by atoms with Crippen LogP contribution in [0.2, 0.25) is 0 Å². The van der Waals surface area contributed by atoms with E-state index in [4.69, 9.17) is 14.2 Å². The number of hydrogen-bond donors (Lipinski definition) is 0. The van der Waals surface area contributed by atoms with Crippen molar-refractivity contribution in [1.29, 1.82) is 0 Å². The van der Waals surface area contributed by atoms with E-state index < -0.39 is 6.10 Å². The van der Waals surface area contributed by atoms with Gasteiger partial charge in [0, 0.05) is 19.3 Å². The molecule has 0 N–H and O–H groups in total. The van der Waals surface area contributed by atoms with Crippen LogP contribution in [0.4, 0.5) is 0 Å². The minimum Gasteiger partial charge on any atom is -0.462 e. The molecule has 0 saturated heterocycles. The van der Waals surface area contributed by atoms with Gasteiger partial charge in [-0.15, -0.1) is 0 Å². The van der Waals surface area contributed by atoms with Gasteiger partial charge in [0.1, 0.15) is 13.2 Å². The average Bonchev–Trinajstić information content (AvgIpc) is 3.40. The number of ether oxygens (including phenoxy) is 3. The monoisotopic (exact) mass is 1020 g/mol. The molecule has 0 saturated carbocycles. The van der Waals surface area contributed by atoms with Gasteiger partial charge in [-0.1, -0.05) is 237 Å². The van der Waals surface area contributed by atoms with Crippen molar-refractivity contribution >= 4 is 17.9 Å². The van der Waals surface area contributed by atoms with Crippen LogP contribution in [-0.4, -0.2) is 37.2 Å². The number of hydrogen-bond acceptors (Lipinski definition) is 6. The third-order valence-corrected chi connectivity index (χ3v) is 11.7. The van der Waals surface area contributed by atoms with Gasteiger partial charge in [-0.05, 0) is 135 Å². The van der Waals surface area contributed by atoms with E-state index in [2.05, 4.69) is 179 Å². The highest BCUT2D eigenvalue weighted by Gasteiger charge is 2.19. The Balaban J connectivity index is 4.42. The lowest BCUT2D eigenvalue weighted by atomic mass is 10.1. The molecule has 6 nitrogen and oxygen atoms in total. The van der Waals surface area contributed by atoms with Crippen molar-refractivity contribution in [3.63, 3.8) is 0 Å². The molecule has 0 aliphatic heterocycles. The lowest BCUT2D eigenvalue weighted by Crippen LogP contribution is -2.30. The third kappa shape index (κ3) is 57.9. The molecule has 1 unspecified atom stereocenters. The zero-order valence-corrected chi connectivity index (χ0v) is 47.3. The highest BCUT2D eigenvalue weighted by molar-refractivity contribution is 5.71. The molecule has 0 heterocycles. The maximum atomic E-state index is 12.8. The maximum Gasteiger partial charge on any atom is 0.306 e. The predicted molar refractivity (Wildman–Crippen MR) is 320 cm³/mol. The highest BCUT2D eigenvalue weighted by Crippen LogP contribution is 2.13. The van der Waals surface area contributed by atoms with Crippen molar-refractivity contribution in [2.24, 2.45) is 0 Å². The topological polar surface area (TPSA) is 78.9 Å². The van der Waals surface area contributed by atoms with Crippen LogP contribution in [-0.2, 0) is 28.6 Å². The van der Waals surface area contributed by atoms with E-state index in [-0.39, 0.29) is 37.5 Å².